The van der Waals surface area contributed by atoms with Crippen LogP contribution < -0.4 is 24.8 Å². The van der Waals surface area contributed by atoms with Crippen LogP contribution in [0.25, 0.3) is 0 Å². The largest absolute Gasteiger partial charge is 0.493 e. The number of hydrogen-bond donors (Lipinski definition) is 0. The molecule has 9 nitrogen and oxygen atoms in total. The lowest BCUT2D eigenvalue weighted by Gasteiger charge is -2.36. The number of rotatable bonds is 12. The molecule has 2 fully saturated rings. The van der Waals surface area contributed by atoms with Crippen molar-refractivity contribution in [3.05, 3.63) is 76.0 Å². The van der Waals surface area contributed by atoms with Crippen molar-refractivity contribution in [2.75, 3.05) is 89.0 Å². The van der Waals surface area contributed by atoms with Gasteiger partial charge < -0.3 is 19.3 Å². The minimum Gasteiger partial charge on any atom is -0.493 e. The molecule has 2 aliphatic rings. The molecule has 2 aliphatic heterocycles. The van der Waals surface area contributed by atoms with Crippen LogP contribution in [0.3, 0.4) is 0 Å². The van der Waals surface area contributed by atoms with E-state index in [1.54, 1.807) is 17.9 Å². The third-order valence-corrected chi connectivity index (χ3v) is 8.26. The van der Waals surface area contributed by atoms with E-state index in [-0.39, 0.29) is 5.56 Å². The van der Waals surface area contributed by atoms with Crippen molar-refractivity contribution in [3.8, 4) is 11.5 Å². The fraction of sp³-hybridized carbons (Fsp3) is 0.484. The SMILES string of the molecule is COc1ccccc1OCCN1CCN(c2ccc(=O)n(CCCCN3CCN(c4ccccc4Cl)CC3)n2)CC1. The maximum absolute atomic E-state index is 12.5. The first-order chi connectivity index (χ1) is 20.1. The van der Waals surface area contributed by atoms with Gasteiger partial charge in [0.1, 0.15) is 12.4 Å². The number of anilines is 2. The molecule has 0 atom stereocenters. The molecule has 2 aromatic carbocycles. The Morgan fingerprint density at radius 1 is 0.732 bits per heavy atom. The molecule has 0 radical (unpaired) electrons. The van der Waals surface area contributed by atoms with Gasteiger partial charge in [0.25, 0.3) is 5.56 Å². The highest BCUT2D eigenvalue weighted by atomic mass is 35.5. The van der Waals surface area contributed by atoms with E-state index in [0.29, 0.717) is 13.2 Å². The van der Waals surface area contributed by atoms with E-state index in [0.717, 1.165) is 106 Å². The number of aromatic nitrogens is 2. The summed E-state index contributed by atoms with van der Waals surface area (Å²) in [5.74, 6) is 2.41. The molecule has 0 spiro atoms. The summed E-state index contributed by atoms with van der Waals surface area (Å²) in [6, 6.07) is 19.3. The minimum absolute atomic E-state index is 0.0331. The number of aryl methyl sites for hydroxylation is 1. The average molecular weight is 581 g/mol. The quantitative estimate of drug-likeness (QED) is 0.301. The third-order valence-electron chi connectivity index (χ3n) is 7.94. The molecule has 0 amide bonds. The zero-order valence-corrected chi connectivity index (χ0v) is 24.7. The lowest BCUT2D eigenvalue weighted by Crippen LogP contribution is -2.48. The number of benzene rings is 2. The van der Waals surface area contributed by atoms with Crippen molar-refractivity contribution in [1.82, 2.24) is 19.6 Å². The maximum atomic E-state index is 12.5. The second-order valence-electron chi connectivity index (χ2n) is 10.6. The zero-order chi connectivity index (χ0) is 28.4. The Morgan fingerprint density at radius 2 is 1.37 bits per heavy atom. The summed E-state index contributed by atoms with van der Waals surface area (Å²) in [5, 5.41) is 5.54. The van der Waals surface area contributed by atoms with Crippen molar-refractivity contribution >= 4 is 23.1 Å². The van der Waals surface area contributed by atoms with Gasteiger partial charge in [-0.3, -0.25) is 14.6 Å². The molecular formula is C31H41ClN6O3. The van der Waals surface area contributed by atoms with E-state index < -0.39 is 0 Å². The van der Waals surface area contributed by atoms with E-state index in [9.17, 15) is 4.79 Å². The maximum Gasteiger partial charge on any atom is 0.266 e. The van der Waals surface area contributed by atoms with Crippen LogP contribution in [-0.2, 0) is 6.54 Å². The summed E-state index contributed by atoms with van der Waals surface area (Å²) < 4.78 is 12.9. The Balaban J connectivity index is 1.01. The molecule has 3 heterocycles. The number of unbranched alkanes of at least 4 members (excludes halogenated alkanes) is 1. The molecule has 10 heteroatoms. The van der Waals surface area contributed by atoms with Gasteiger partial charge in [-0.1, -0.05) is 35.9 Å². The Labute approximate surface area is 247 Å². The molecule has 0 N–H and O–H groups in total. The van der Waals surface area contributed by atoms with E-state index in [1.807, 2.05) is 48.5 Å². The third kappa shape index (κ3) is 7.93. The second-order valence-corrected chi connectivity index (χ2v) is 11.0. The molecule has 1 aromatic heterocycles. The first-order valence-corrected chi connectivity index (χ1v) is 15.0. The number of methoxy groups -OCH3 is 1. The summed E-state index contributed by atoms with van der Waals surface area (Å²) in [5.41, 5.74) is 1.09. The predicted octanol–water partition coefficient (Wildman–Crippen LogP) is 3.71. The van der Waals surface area contributed by atoms with Crippen LogP contribution in [0.15, 0.2) is 65.5 Å². The number of nitrogens with zero attached hydrogens (tertiary/aromatic N) is 6. The summed E-state index contributed by atoms with van der Waals surface area (Å²) in [7, 11) is 1.66. The average Bonchev–Trinajstić information content (AvgIpc) is 3.01. The van der Waals surface area contributed by atoms with Crippen molar-refractivity contribution in [2.24, 2.45) is 0 Å². The van der Waals surface area contributed by atoms with Crippen molar-refractivity contribution in [2.45, 2.75) is 19.4 Å². The molecule has 0 bridgehead atoms. The van der Waals surface area contributed by atoms with Gasteiger partial charge in [0.15, 0.2) is 11.5 Å². The van der Waals surface area contributed by atoms with Gasteiger partial charge in [-0.15, -0.1) is 0 Å². The Bertz CT molecular complexity index is 1300. The van der Waals surface area contributed by atoms with E-state index in [2.05, 4.69) is 25.7 Å². The summed E-state index contributed by atoms with van der Waals surface area (Å²) in [6.45, 7) is 10.8. The van der Waals surface area contributed by atoms with Gasteiger partial charge in [0, 0.05) is 71.5 Å². The second kappa shape index (κ2) is 14.6. The molecule has 220 valence electrons. The van der Waals surface area contributed by atoms with Crippen LogP contribution in [0.2, 0.25) is 5.02 Å². The zero-order valence-electron chi connectivity index (χ0n) is 24.0. The minimum atomic E-state index is -0.0331. The van der Waals surface area contributed by atoms with Crippen LogP contribution in [0.5, 0.6) is 11.5 Å². The first-order valence-electron chi connectivity index (χ1n) is 14.6. The molecule has 0 aliphatic carbocycles. The lowest BCUT2D eigenvalue weighted by atomic mass is 10.2. The van der Waals surface area contributed by atoms with Crippen LogP contribution in [0.4, 0.5) is 11.5 Å². The van der Waals surface area contributed by atoms with Crippen molar-refractivity contribution in [1.29, 1.82) is 0 Å². The summed E-state index contributed by atoms with van der Waals surface area (Å²) >= 11 is 6.38. The number of para-hydroxylation sites is 3. The molecule has 0 saturated carbocycles. The van der Waals surface area contributed by atoms with Gasteiger partial charge in [-0.25, -0.2) is 4.68 Å². The fourth-order valence-corrected chi connectivity index (χ4v) is 5.76. The topological polar surface area (TPSA) is 66.3 Å². The van der Waals surface area contributed by atoms with Gasteiger partial charge in [-0.2, -0.15) is 5.10 Å². The highest BCUT2D eigenvalue weighted by Crippen LogP contribution is 2.27. The Hall–Kier alpha value is -3.27. The Kier molecular flexibility index (Phi) is 10.4. The number of halogens is 1. The van der Waals surface area contributed by atoms with Crippen molar-refractivity contribution in [3.63, 3.8) is 0 Å². The molecule has 3 aromatic rings. The monoisotopic (exact) mass is 580 g/mol. The van der Waals surface area contributed by atoms with Crippen LogP contribution in [0, 0.1) is 0 Å². The van der Waals surface area contributed by atoms with Crippen LogP contribution in [0.1, 0.15) is 12.8 Å². The lowest BCUT2D eigenvalue weighted by molar-refractivity contribution is 0.196. The number of ether oxygens (including phenoxy) is 2. The molecule has 0 unspecified atom stereocenters. The smallest absolute Gasteiger partial charge is 0.266 e. The highest BCUT2D eigenvalue weighted by Gasteiger charge is 2.20. The van der Waals surface area contributed by atoms with E-state index in [4.69, 9.17) is 26.2 Å². The van der Waals surface area contributed by atoms with Crippen LogP contribution in [-0.4, -0.2) is 98.7 Å². The molecule has 5 rings (SSSR count). The van der Waals surface area contributed by atoms with Gasteiger partial charge in [0.2, 0.25) is 0 Å². The van der Waals surface area contributed by atoms with Gasteiger partial charge >= 0.3 is 0 Å². The normalized spacial score (nSPS) is 16.6. The highest BCUT2D eigenvalue weighted by molar-refractivity contribution is 6.33. The van der Waals surface area contributed by atoms with Gasteiger partial charge in [0.05, 0.1) is 17.8 Å². The number of piperazine rings is 2. The molecule has 41 heavy (non-hydrogen) atoms. The molecular weight excluding hydrogens is 540 g/mol. The predicted molar refractivity (Wildman–Crippen MR) is 165 cm³/mol. The standard InChI is InChI=1S/C31H41ClN6O3/c1-40-28-10-4-5-11-29(28)41-25-24-35-18-22-37(23-19-35)30-12-13-31(39)38(33-30)15-7-6-14-34-16-20-36(21-17-34)27-9-3-2-8-26(27)32/h2-5,8-13H,6-7,14-25H2,1H3. The van der Waals surface area contributed by atoms with Gasteiger partial charge in [-0.05, 0) is 49.7 Å². The Morgan fingerprint density at radius 3 is 2.10 bits per heavy atom. The fourth-order valence-electron chi connectivity index (χ4n) is 5.51. The van der Waals surface area contributed by atoms with E-state index >= 15 is 0 Å². The molecule has 2 saturated heterocycles. The first kappa shape index (κ1) is 29.2. The summed E-state index contributed by atoms with van der Waals surface area (Å²) in [6.07, 6.45) is 1.97. The van der Waals surface area contributed by atoms with Crippen LogP contribution >= 0.6 is 11.6 Å². The van der Waals surface area contributed by atoms with E-state index in [1.165, 1.54) is 0 Å². The number of hydrogen-bond acceptors (Lipinski definition) is 8. The van der Waals surface area contributed by atoms with Crippen molar-refractivity contribution < 1.29 is 9.47 Å². The summed E-state index contributed by atoms with van der Waals surface area (Å²) in [4.78, 5) is 22.0.